The Morgan fingerprint density at radius 1 is 1.50 bits per heavy atom. The van der Waals surface area contributed by atoms with E-state index in [9.17, 15) is 5.26 Å². The van der Waals surface area contributed by atoms with Gasteiger partial charge in [0.2, 0.25) is 0 Å². The summed E-state index contributed by atoms with van der Waals surface area (Å²) in [6.45, 7) is 10.5. The van der Waals surface area contributed by atoms with E-state index in [4.69, 9.17) is 0 Å². The standard InChI is InChI=1S/C13H25N3/c1-5-15-13(4,10-14)9-11(3)16(6-2)12-7-8-12/h11-12,15H,5-9H2,1-4H3. The van der Waals surface area contributed by atoms with Gasteiger partial charge in [0.1, 0.15) is 5.54 Å². The highest BCUT2D eigenvalue weighted by Crippen LogP contribution is 2.30. The van der Waals surface area contributed by atoms with E-state index in [1.54, 1.807) is 0 Å². The van der Waals surface area contributed by atoms with E-state index in [1.807, 2.05) is 6.92 Å². The van der Waals surface area contributed by atoms with Crippen LogP contribution in [0.15, 0.2) is 0 Å². The molecule has 0 aliphatic heterocycles. The van der Waals surface area contributed by atoms with Gasteiger partial charge in [-0.2, -0.15) is 5.26 Å². The minimum Gasteiger partial charge on any atom is -0.300 e. The van der Waals surface area contributed by atoms with Gasteiger partial charge in [0.05, 0.1) is 6.07 Å². The van der Waals surface area contributed by atoms with E-state index in [0.717, 1.165) is 25.6 Å². The first-order valence-electron chi connectivity index (χ1n) is 6.48. The Kier molecular flexibility index (Phi) is 4.76. The molecule has 0 saturated heterocycles. The third-order valence-corrected chi connectivity index (χ3v) is 3.46. The predicted molar refractivity (Wildman–Crippen MR) is 67.2 cm³/mol. The third-order valence-electron chi connectivity index (χ3n) is 3.46. The van der Waals surface area contributed by atoms with Crippen molar-refractivity contribution in [3.05, 3.63) is 0 Å². The minimum atomic E-state index is -0.378. The van der Waals surface area contributed by atoms with Crippen molar-refractivity contribution in [2.75, 3.05) is 13.1 Å². The summed E-state index contributed by atoms with van der Waals surface area (Å²) in [5, 5.41) is 12.5. The van der Waals surface area contributed by atoms with Gasteiger partial charge in [0.15, 0.2) is 0 Å². The topological polar surface area (TPSA) is 39.1 Å². The van der Waals surface area contributed by atoms with Gasteiger partial charge in [-0.15, -0.1) is 0 Å². The maximum Gasteiger partial charge on any atom is 0.105 e. The molecule has 0 bridgehead atoms. The Morgan fingerprint density at radius 2 is 2.12 bits per heavy atom. The van der Waals surface area contributed by atoms with Crippen LogP contribution in [0.4, 0.5) is 0 Å². The Bertz CT molecular complexity index is 254. The molecule has 1 fully saturated rings. The molecule has 2 atom stereocenters. The highest BCUT2D eigenvalue weighted by Gasteiger charge is 2.34. The van der Waals surface area contributed by atoms with Crippen LogP contribution in [0.2, 0.25) is 0 Å². The van der Waals surface area contributed by atoms with Crippen LogP contribution in [0.3, 0.4) is 0 Å². The molecule has 0 spiro atoms. The second-order valence-corrected chi connectivity index (χ2v) is 5.09. The lowest BCUT2D eigenvalue weighted by molar-refractivity contribution is 0.176. The maximum atomic E-state index is 9.24. The number of nitriles is 1. The normalized spacial score (nSPS) is 21.5. The maximum absolute atomic E-state index is 9.24. The summed E-state index contributed by atoms with van der Waals surface area (Å²) in [6.07, 6.45) is 3.58. The van der Waals surface area contributed by atoms with Gasteiger partial charge in [0, 0.05) is 12.1 Å². The van der Waals surface area contributed by atoms with Crippen molar-refractivity contribution >= 4 is 0 Å². The van der Waals surface area contributed by atoms with Crippen molar-refractivity contribution in [1.29, 1.82) is 5.26 Å². The fourth-order valence-electron chi connectivity index (χ4n) is 2.59. The Labute approximate surface area is 99.8 Å². The number of nitrogens with zero attached hydrogens (tertiary/aromatic N) is 2. The van der Waals surface area contributed by atoms with E-state index < -0.39 is 0 Å². The van der Waals surface area contributed by atoms with Crippen LogP contribution >= 0.6 is 0 Å². The molecular weight excluding hydrogens is 198 g/mol. The molecule has 0 aromatic carbocycles. The lowest BCUT2D eigenvalue weighted by Gasteiger charge is -2.33. The molecule has 0 aromatic rings. The molecule has 1 N–H and O–H groups in total. The molecule has 0 amide bonds. The first-order valence-corrected chi connectivity index (χ1v) is 6.48. The molecule has 3 nitrogen and oxygen atoms in total. The fraction of sp³-hybridized carbons (Fsp3) is 0.923. The summed E-state index contributed by atoms with van der Waals surface area (Å²) in [4.78, 5) is 2.53. The minimum absolute atomic E-state index is 0.378. The summed E-state index contributed by atoms with van der Waals surface area (Å²) in [5.41, 5.74) is -0.378. The highest BCUT2D eigenvalue weighted by molar-refractivity contribution is 5.06. The van der Waals surface area contributed by atoms with Crippen LogP contribution in [0.5, 0.6) is 0 Å². The van der Waals surface area contributed by atoms with Gasteiger partial charge in [-0.3, -0.25) is 10.2 Å². The van der Waals surface area contributed by atoms with Crippen molar-refractivity contribution in [3.63, 3.8) is 0 Å². The third kappa shape index (κ3) is 3.47. The molecule has 1 saturated carbocycles. The van der Waals surface area contributed by atoms with Gasteiger partial charge < -0.3 is 0 Å². The Balaban J connectivity index is 2.53. The number of rotatable bonds is 7. The monoisotopic (exact) mass is 223 g/mol. The van der Waals surface area contributed by atoms with Crippen molar-refractivity contribution in [2.24, 2.45) is 0 Å². The predicted octanol–water partition coefficient (Wildman–Crippen LogP) is 2.14. The number of hydrogen-bond acceptors (Lipinski definition) is 3. The second-order valence-electron chi connectivity index (χ2n) is 5.09. The summed E-state index contributed by atoms with van der Waals surface area (Å²) >= 11 is 0. The van der Waals surface area contributed by atoms with Crippen LogP contribution in [-0.2, 0) is 0 Å². The molecule has 1 aliphatic rings. The molecule has 92 valence electrons. The highest BCUT2D eigenvalue weighted by atomic mass is 15.2. The van der Waals surface area contributed by atoms with E-state index in [2.05, 4.69) is 37.1 Å². The van der Waals surface area contributed by atoms with Gasteiger partial charge in [0.25, 0.3) is 0 Å². The summed E-state index contributed by atoms with van der Waals surface area (Å²) in [6, 6.07) is 3.68. The van der Waals surface area contributed by atoms with Crippen LogP contribution in [0.25, 0.3) is 0 Å². The van der Waals surface area contributed by atoms with Crippen molar-refractivity contribution in [3.8, 4) is 6.07 Å². The Hall–Kier alpha value is -0.590. The molecular formula is C13H25N3. The van der Waals surface area contributed by atoms with Crippen molar-refractivity contribution in [2.45, 2.75) is 64.6 Å². The van der Waals surface area contributed by atoms with Crippen molar-refractivity contribution < 1.29 is 0 Å². The quantitative estimate of drug-likeness (QED) is 0.718. The second kappa shape index (κ2) is 5.65. The van der Waals surface area contributed by atoms with Crippen LogP contribution < -0.4 is 5.32 Å². The first-order chi connectivity index (χ1) is 7.56. The molecule has 0 radical (unpaired) electrons. The van der Waals surface area contributed by atoms with E-state index >= 15 is 0 Å². The van der Waals surface area contributed by atoms with Gasteiger partial charge in [-0.1, -0.05) is 13.8 Å². The zero-order valence-electron chi connectivity index (χ0n) is 11.1. The van der Waals surface area contributed by atoms with Crippen molar-refractivity contribution in [1.82, 2.24) is 10.2 Å². The molecule has 0 heterocycles. The summed E-state index contributed by atoms with van der Waals surface area (Å²) < 4.78 is 0. The zero-order chi connectivity index (χ0) is 12.2. The van der Waals surface area contributed by atoms with Crippen LogP contribution in [-0.4, -0.2) is 35.6 Å². The average Bonchev–Trinajstić information content (AvgIpc) is 3.03. The fourth-order valence-corrected chi connectivity index (χ4v) is 2.59. The number of hydrogen-bond donors (Lipinski definition) is 1. The average molecular weight is 223 g/mol. The lowest BCUT2D eigenvalue weighted by Crippen LogP contribution is -2.47. The van der Waals surface area contributed by atoms with Gasteiger partial charge >= 0.3 is 0 Å². The molecule has 1 aliphatic carbocycles. The molecule has 3 heteroatoms. The van der Waals surface area contributed by atoms with Gasteiger partial charge in [-0.25, -0.2) is 0 Å². The summed E-state index contributed by atoms with van der Waals surface area (Å²) in [7, 11) is 0. The number of nitrogens with one attached hydrogen (secondary N) is 1. The molecule has 2 unspecified atom stereocenters. The van der Waals surface area contributed by atoms with E-state index in [0.29, 0.717) is 6.04 Å². The van der Waals surface area contributed by atoms with Crippen LogP contribution in [0.1, 0.15) is 47.0 Å². The Morgan fingerprint density at radius 3 is 2.50 bits per heavy atom. The largest absolute Gasteiger partial charge is 0.300 e. The molecule has 1 rings (SSSR count). The SMILES string of the molecule is CCNC(C)(C#N)CC(C)N(CC)C1CC1. The van der Waals surface area contributed by atoms with Gasteiger partial charge in [-0.05, 0) is 46.2 Å². The van der Waals surface area contributed by atoms with E-state index in [-0.39, 0.29) is 5.54 Å². The van der Waals surface area contributed by atoms with Crippen LogP contribution in [0, 0.1) is 11.3 Å². The smallest absolute Gasteiger partial charge is 0.105 e. The lowest BCUT2D eigenvalue weighted by atomic mass is 9.94. The molecule has 16 heavy (non-hydrogen) atoms. The first kappa shape index (κ1) is 13.5. The zero-order valence-corrected chi connectivity index (χ0v) is 11.1. The van der Waals surface area contributed by atoms with E-state index in [1.165, 1.54) is 12.8 Å². The molecule has 0 aromatic heterocycles. The summed E-state index contributed by atoms with van der Waals surface area (Å²) in [5.74, 6) is 0.